The lowest BCUT2D eigenvalue weighted by Gasteiger charge is -2.38. The summed E-state index contributed by atoms with van der Waals surface area (Å²) in [5.41, 5.74) is 1.37. The van der Waals surface area contributed by atoms with E-state index in [0.29, 0.717) is 6.04 Å². The fourth-order valence-corrected chi connectivity index (χ4v) is 3.88. The van der Waals surface area contributed by atoms with Crippen molar-refractivity contribution < 1.29 is 24.6 Å². The number of carboxylic acid groups (broad SMARTS) is 2. The van der Waals surface area contributed by atoms with Crippen molar-refractivity contribution in [1.82, 2.24) is 15.1 Å². The van der Waals surface area contributed by atoms with Crippen LogP contribution in [-0.2, 0) is 20.9 Å². The van der Waals surface area contributed by atoms with Gasteiger partial charge >= 0.3 is 11.9 Å². The van der Waals surface area contributed by atoms with E-state index >= 15 is 0 Å². The van der Waals surface area contributed by atoms with Crippen molar-refractivity contribution in [2.75, 3.05) is 26.2 Å². The molecule has 1 amide bonds. The highest BCUT2D eigenvalue weighted by molar-refractivity contribution is 6.27. The Balaban J connectivity index is 0.000000469. The molecule has 1 aromatic rings. The Kier molecular flexibility index (Phi) is 9.76. The lowest BCUT2D eigenvalue weighted by Crippen LogP contribution is -2.54. The number of nitrogens with zero attached hydrogens (tertiary/aromatic N) is 2. The molecule has 1 aliphatic heterocycles. The molecule has 30 heavy (non-hydrogen) atoms. The molecule has 0 spiro atoms. The van der Waals surface area contributed by atoms with Gasteiger partial charge in [-0.3, -0.25) is 14.6 Å². The van der Waals surface area contributed by atoms with Gasteiger partial charge < -0.3 is 15.5 Å². The first-order valence-corrected chi connectivity index (χ1v) is 10.6. The van der Waals surface area contributed by atoms with Crippen LogP contribution in [0.15, 0.2) is 30.3 Å². The SMILES string of the molecule is CC(C(=O)NC1CCCCC1)N1CCN(Cc2ccccc2)CC1.O=C(O)C(=O)O. The number of piperazine rings is 1. The van der Waals surface area contributed by atoms with E-state index in [1.807, 2.05) is 0 Å². The predicted octanol–water partition coefficient (Wildman–Crippen LogP) is 1.80. The summed E-state index contributed by atoms with van der Waals surface area (Å²) in [6.07, 6.45) is 6.16. The van der Waals surface area contributed by atoms with Crippen LogP contribution >= 0.6 is 0 Å². The Labute approximate surface area is 177 Å². The smallest absolute Gasteiger partial charge is 0.414 e. The van der Waals surface area contributed by atoms with Crippen molar-refractivity contribution >= 4 is 17.8 Å². The van der Waals surface area contributed by atoms with Gasteiger partial charge in [0.25, 0.3) is 0 Å². The maximum absolute atomic E-state index is 12.5. The molecule has 3 N–H and O–H groups in total. The molecule has 1 atom stereocenters. The summed E-state index contributed by atoms with van der Waals surface area (Å²) in [6, 6.07) is 11.0. The molecule has 1 saturated heterocycles. The average molecular weight is 420 g/mol. The van der Waals surface area contributed by atoms with Crippen LogP contribution in [0.2, 0.25) is 0 Å². The number of rotatable bonds is 5. The highest BCUT2D eigenvalue weighted by Gasteiger charge is 2.27. The number of carbonyl (C=O) groups is 3. The minimum atomic E-state index is -1.82. The molecule has 1 aliphatic carbocycles. The van der Waals surface area contributed by atoms with Gasteiger partial charge in [0.05, 0.1) is 6.04 Å². The summed E-state index contributed by atoms with van der Waals surface area (Å²) in [7, 11) is 0. The number of hydrogen-bond donors (Lipinski definition) is 3. The van der Waals surface area contributed by atoms with Crippen LogP contribution in [0.4, 0.5) is 0 Å². The highest BCUT2D eigenvalue weighted by atomic mass is 16.4. The Bertz CT molecular complexity index is 671. The monoisotopic (exact) mass is 419 g/mol. The van der Waals surface area contributed by atoms with E-state index in [1.165, 1.54) is 24.8 Å². The van der Waals surface area contributed by atoms with Crippen molar-refractivity contribution in [3.05, 3.63) is 35.9 Å². The molecule has 1 saturated carbocycles. The topological polar surface area (TPSA) is 110 Å². The highest BCUT2D eigenvalue weighted by Crippen LogP contribution is 2.18. The zero-order chi connectivity index (χ0) is 21.9. The van der Waals surface area contributed by atoms with Gasteiger partial charge in [-0.25, -0.2) is 9.59 Å². The maximum atomic E-state index is 12.5. The quantitative estimate of drug-likeness (QED) is 0.624. The first kappa shape index (κ1) is 23.8. The van der Waals surface area contributed by atoms with Crippen LogP contribution in [0.1, 0.15) is 44.6 Å². The van der Waals surface area contributed by atoms with Crippen molar-refractivity contribution in [1.29, 1.82) is 0 Å². The third kappa shape index (κ3) is 8.12. The van der Waals surface area contributed by atoms with Gasteiger partial charge in [0.2, 0.25) is 5.91 Å². The van der Waals surface area contributed by atoms with Crippen molar-refractivity contribution in [3.63, 3.8) is 0 Å². The second-order valence-corrected chi connectivity index (χ2v) is 7.93. The average Bonchev–Trinajstić information content (AvgIpc) is 2.75. The molecule has 1 unspecified atom stereocenters. The summed E-state index contributed by atoms with van der Waals surface area (Å²) >= 11 is 0. The number of aliphatic carboxylic acids is 2. The number of carbonyl (C=O) groups excluding carboxylic acids is 1. The lowest BCUT2D eigenvalue weighted by molar-refractivity contribution is -0.159. The van der Waals surface area contributed by atoms with Crippen molar-refractivity contribution in [2.45, 2.75) is 57.7 Å². The maximum Gasteiger partial charge on any atom is 0.414 e. The van der Waals surface area contributed by atoms with E-state index in [0.717, 1.165) is 45.6 Å². The third-order valence-corrected chi connectivity index (χ3v) is 5.72. The normalized spacial score (nSPS) is 19.2. The van der Waals surface area contributed by atoms with Gasteiger partial charge in [0.1, 0.15) is 0 Å². The van der Waals surface area contributed by atoms with E-state index in [1.54, 1.807) is 0 Å². The molecule has 8 heteroatoms. The van der Waals surface area contributed by atoms with Crippen LogP contribution in [0.5, 0.6) is 0 Å². The summed E-state index contributed by atoms with van der Waals surface area (Å²) in [4.78, 5) is 35.5. The zero-order valence-electron chi connectivity index (χ0n) is 17.6. The van der Waals surface area contributed by atoms with Gasteiger partial charge in [-0.05, 0) is 25.3 Å². The molecule has 0 radical (unpaired) electrons. The first-order chi connectivity index (χ1) is 14.4. The van der Waals surface area contributed by atoms with Gasteiger partial charge in [0, 0.05) is 38.8 Å². The molecule has 2 fully saturated rings. The fourth-order valence-electron chi connectivity index (χ4n) is 3.88. The van der Waals surface area contributed by atoms with E-state index in [4.69, 9.17) is 19.8 Å². The van der Waals surface area contributed by atoms with Crippen LogP contribution < -0.4 is 5.32 Å². The molecule has 3 rings (SSSR count). The Hall–Kier alpha value is -2.45. The van der Waals surface area contributed by atoms with Crippen LogP contribution in [-0.4, -0.2) is 76.1 Å². The zero-order valence-corrected chi connectivity index (χ0v) is 17.6. The van der Waals surface area contributed by atoms with Gasteiger partial charge in [-0.15, -0.1) is 0 Å². The molecular weight excluding hydrogens is 386 g/mol. The van der Waals surface area contributed by atoms with Crippen LogP contribution in [0.3, 0.4) is 0 Å². The number of nitrogens with one attached hydrogen (secondary N) is 1. The minimum Gasteiger partial charge on any atom is -0.473 e. The van der Waals surface area contributed by atoms with E-state index in [9.17, 15) is 4.79 Å². The standard InChI is InChI=1S/C20H31N3O.C2H2O4/c1-17(20(24)21-19-10-6-3-7-11-19)23-14-12-22(13-15-23)16-18-8-4-2-5-9-18;3-1(4)2(5)6/h2,4-5,8-9,17,19H,3,6-7,10-16H2,1H3,(H,21,24);(H,3,4)(H,5,6). The van der Waals surface area contributed by atoms with E-state index in [-0.39, 0.29) is 11.9 Å². The molecule has 1 aromatic carbocycles. The molecule has 166 valence electrons. The second-order valence-electron chi connectivity index (χ2n) is 7.93. The predicted molar refractivity (Wildman–Crippen MR) is 113 cm³/mol. The van der Waals surface area contributed by atoms with Crippen LogP contribution in [0.25, 0.3) is 0 Å². The van der Waals surface area contributed by atoms with Gasteiger partial charge in [0.15, 0.2) is 0 Å². The lowest BCUT2D eigenvalue weighted by atomic mass is 9.95. The van der Waals surface area contributed by atoms with Crippen molar-refractivity contribution in [2.24, 2.45) is 0 Å². The summed E-state index contributed by atoms with van der Waals surface area (Å²) in [5.74, 6) is -3.43. The van der Waals surface area contributed by atoms with E-state index < -0.39 is 11.9 Å². The number of amides is 1. The molecule has 1 heterocycles. The molecule has 0 aromatic heterocycles. The van der Waals surface area contributed by atoms with E-state index in [2.05, 4.69) is 52.4 Å². The van der Waals surface area contributed by atoms with Crippen molar-refractivity contribution in [3.8, 4) is 0 Å². The number of carboxylic acids is 2. The summed E-state index contributed by atoms with van der Waals surface area (Å²) in [5, 5.41) is 18.1. The largest absolute Gasteiger partial charge is 0.473 e. The molecule has 8 nitrogen and oxygen atoms in total. The summed E-state index contributed by atoms with van der Waals surface area (Å²) < 4.78 is 0. The number of hydrogen-bond acceptors (Lipinski definition) is 5. The molecule has 0 bridgehead atoms. The fraction of sp³-hybridized carbons (Fsp3) is 0.591. The van der Waals surface area contributed by atoms with Crippen LogP contribution in [0, 0.1) is 0 Å². The summed E-state index contributed by atoms with van der Waals surface area (Å²) in [6.45, 7) is 7.10. The van der Waals surface area contributed by atoms with Gasteiger partial charge in [-0.1, -0.05) is 49.6 Å². The Morgan fingerprint density at radius 3 is 2.07 bits per heavy atom. The Morgan fingerprint density at radius 2 is 1.53 bits per heavy atom. The number of benzene rings is 1. The molecule has 2 aliphatic rings. The van der Waals surface area contributed by atoms with Gasteiger partial charge in [-0.2, -0.15) is 0 Å². The minimum absolute atomic E-state index is 0.00852. The Morgan fingerprint density at radius 1 is 0.967 bits per heavy atom. The first-order valence-electron chi connectivity index (χ1n) is 10.6. The third-order valence-electron chi connectivity index (χ3n) is 5.72. The molecular formula is C22H33N3O5. The second kappa shape index (κ2) is 12.3.